The standard InChI is InChI=1S/C36H50N2O4.C28H35NO2.C23H33NO5.C12H15N.ClH/c1-8-27(22-25-12-10-9-11-13-25)31-23-32(31)37-29-18-20-30(21-19-29)38(34(40)42-36(5,6)7)24-26-14-16-28(17-15-26)33(39)41-35(2,3)4;1-2-23(18-22-6-4-3-5-7-22)26-19-27(26)29-25-16-12-21(13-17-25)9-8-20-10-14-24(15-11-20)28(30)31;1-22(2,3)28-20(26)17-9-7-16(8-10-17)15-24(21(27)29-23(4,5)6)18-11-13-19(25)14-12-18;1-9(11-8-12(11)13)7-10-5-3-2-4-6-10;/h9-17,22,29-32,37H,8,18-21,23-24H2,1-7H3;3-7,10-11,14-15,18,21,25-27,29H,2,8-9,12-13,16-17,19H2,1H3,(H,30,31);7-10,18H,11-15H2,1-6H3;2-7,11-12H,8,13H2,1H3;1H/b27-22+;23-18+;;9-7+;/t29?,30?,31-,32+;21?,25?,26-,27+;;11-,12+;/m00.0./s1. The van der Waals surface area contributed by atoms with Crippen LogP contribution in [0.25, 0.3) is 18.2 Å². The highest BCUT2D eigenvalue weighted by molar-refractivity contribution is 5.90. The van der Waals surface area contributed by atoms with Crippen molar-refractivity contribution in [2.45, 2.75) is 304 Å². The van der Waals surface area contributed by atoms with E-state index < -0.39 is 28.4 Å². The summed E-state index contributed by atoms with van der Waals surface area (Å²) in [5, 5.41) is 16.9. The van der Waals surface area contributed by atoms with E-state index in [2.05, 4.69) is 135 Å². The van der Waals surface area contributed by atoms with E-state index in [9.17, 15) is 28.8 Å². The van der Waals surface area contributed by atoms with Crippen LogP contribution in [0.1, 0.15) is 284 Å². The van der Waals surface area contributed by atoms with Crippen LogP contribution in [0.2, 0.25) is 0 Å². The van der Waals surface area contributed by atoms with Crippen LogP contribution in [-0.4, -0.2) is 115 Å². The van der Waals surface area contributed by atoms with E-state index in [0.29, 0.717) is 97.5 Å². The second kappa shape index (κ2) is 43.2. The summed E-state index contributed by atoms with van der Waals surface area (Å²) in [7, 11) is 0. The molecule has 12 rings (SSSR count). The first-order valence-electron chi connectivity index (χ1n) is 42.5. The Hall–Kier alpha value is -8.67. The largest absolute Gasteiger partial charge is 0.478 e. The number of hydrogen-bond donors (Lipinski definition) is 4. The lowest BCUT2D eigenvalue weighted by molar-refractivity contribution is -0.121. The van der Waals surface area contributed by atoms with Crippen LogP contribution in [0.4, 0.5) is 9.59 Å². The van der Waals surface area contributed by atoms with Crippen LogP contribution in [0, 0.1) is 23.7 Å². The van der Waals surface area contributed by atoms with Gasteiger partial charge in [0.2, 0.25) is 0 Å². The van der Waals surface area contributed by atoms with Gasteiger partial charge in [-0.05, 0) is 293 Å². The van der Waals surface area contributed by atoms with Gasteiger partial charge in [-0.2, -0.15) is 0 Å². The number of aryl methyl sites for hydroxylation is 1. The first kappa shape index (κ1) is 92.8. The van der Waals surface area contributed by atoms with Gasteiger partial charge < -0.3 is 50.2 Å². The van der Waals surface area contributed by atoms with Crippen molar-refractivity contribution in [1.82, 2.24) is 20.4 Å². The van der Waals surface area contributed by atoms with Crippen molar-refractivity contribution in [2.75, 3.05) is 0 Å². The summed E-state index contributed by atoms with van der Waals surface area (Å²) in [5.41, 5.74) is 16.4. The van der Waals surface area contributed by atoms with Gasteiger partial charge in [-0.3, -0.25) is 4.79 Å². The number of nitrogens with one attached hydrogen (secondary N) is 2. The number of rotatable bonds is 24. The molecular formula is C99H134ClN5O11. The maximum atomic E-state index is 13.4. The van der Waals surface area contributed by atoms with Crippen molar-refractivity contribution in [3.05, 3.63) is 231 Å². The molecule has 116 heavy (non-hydrogen) atoms. The van der Waals surface area contributed by atoms with Gasteiger partial charge in [-0.25, -0.2) is 24.0 Å². The van der Waals surface area contributed by atoms with E-state index in [4.69, 9.17) is 29.8 Å². The minimum Gasteiger partial charge on any atom is -0.478 e. The number of carboxylic acids is 1. The van der Waals surface area contributed by atoms with Crippen molar-refractivity contribution in [2.24, 2.45) is 29.4 Å². The van der Waals surface area contributed by atoms with Gasteiger partial charge in [-0.1, -0.05) is 176 Å². The maximum Gasteiger partial charge on any atom is 0.410 e. The zero-order valence-corrected chi connectivity index (χ0v) is 72.7. The van der Waals surface area contributed by atoms with Crippen molar-refractivity contribution in [3.63, 3.8) is 0 Å². The summed E-state index contributed by atoms with van der Waals surface area (Å²) < 4.78 is 22.3. The smallest absolute Gasteiger partial charge is 0.410 e. The Morgan fingerprint density at radius 2 is 0.793 bits per heavy atom. The minimum atomic E-state index is -0.850. The highest BCUT2D eigenvalue weighted by Gasteiger charge is 2.43. The average molecular weight is 1610 g/mol. The molecule has 0 aliphatic heterocycles. The molecule has 2 amide bonds. The monoisotopic (exact) mass is 1600 g/mol. The molecule has 6 aromatic rings. The lowest BCUT2D eigenvalue weighted by Crippen LogP contribution is -2.47. The molecule has 16 nitrogen and oxygen atoms in total. The second-order valence-corrected chi connectivity index (χ2v) is 36.7. The Morgan fingerprint density at radius 3 is 1.15 bits per heavy atom. The fourth-order valence-corrected chi connectivity index (χ4v) is 15.8. The number of amides is 2. The fraction of sp³-hybridized carbons (Fsp3) is 0.515. The Balaban J connectivity index is 0.000000203. The number of ketones is 1. The molecule has 628 valence electrons. The van der Waals surface area contributed by atoms with Crippen LogP contribution in [0.15, 0.2) is 181 Å². The van der Waals surface area contributed by atoms with E-state index in [1.165, 1.54) is 78.3 Å². The molecule has 0 unspecified atom stereocenters. The summed E-state index contributed by atoms with van der Waals surface area (Å²) in [4.78, 5) is 77.0. The van der Waals surface area contributed by atoms with E-state index in [1.807, 2.05) is 130 Å². The number of carboxylic acid groups (broad SMARTS) is 1. The third-order valence-electron chi connectivity index (χ3n) is 22.3. The number of nitrogens with two attached hydrogens (primary N) is 1. The lowest BCUT2D eigenvalue weighted by atomic mass is 9.82. The van der Waals surface area contributed by atoms with Gasteiger partial charge in [-0.15, -0.1) is 12.4 Å². The van der Waals surface area contributed by atoms with Gasteiger partial charge in [0.15, 0.2) is 0 Å². The summed E-state index contributed by atoms with van der Waals surface area (Å²) in [6.45, 7) is 29.8. The minimum absolute atomic E-state index is 0. The number of nitrogens with zero attached hydrogens (tertiary/aromatic N) is 2. The Morgan fingerprint density at radius 1 is 0.448 bits per heavy atom. The van der Waals surface area contributed by atoms with E-state index >= 15 is 0 Å². The van der Waals surface area contributed by atoms with E-state index in [0.717, 1.165) is 74.3 Å². The number of halogens is 1. The van der Waals surface area contributed by atoms with Crippen molar-refractivity contribution in [3.8, 4) is 0 Å². The molecule has 0 saturated heterocycles. The van der Waals surface area contributed by atoms with Gasteiger partial charge >= 0.3 is 30.1 Å². The van der Waals surface area contributed by atoms with Crippen molar-refractivity contribution in [1.29, 1.82) is 0 Å². The van der Waals surface area contributed by atoms with Gasteiger partial charge in [0.05, 0.1) is 16.7 Å². The maximum absolute atomic E-state index is 13.4. The molecule has 6 atom stereocenters. The number of hydrogen-bond acceptors (Lipinski definition) is 13. The summed E-state index contributed by atoms with van der Waals surface area (Å²) in [6, 6.07) is 56.4. The topological polar surface area (TPSA) is 216 Å². The Kier molecular flexibility index (Phi) is 34.5. The molecule has 5 N–H and O–H groups in total. The van der Waals surface area contributed by atoms with Gasteiger partial charge in [0.1, 0.15) is 28.2 Å². The number of esters is 2. The average Bonchev–Trinajstić information content (AvgIpc) is 1.64. The Labute approximate surface area is 699 Å². The summed E-state index contributed by atoms with van der Waals surface area (Å²) >= 11 is 0. The molecule has 0 radical (unpaired) electrons. The first-order valence-corrected chi connectivity index (χ1v) is 42.5. The van der Waals surface area contributed by atoms with E-state index in [-0.39, 0.29) is 54.4 Å². The predicted octanol–water partition coefficient (Wildman–Crippen LogP) is 22.3. The van der Waals surface area contributed by atoms with Crippen LogP contribution in [-0.2, 0) is 43.3 Å². The zero-order valence-electron chi connectivity index (χ0n) is 71.9. The van der Waals surface area contributed by atoms with Gasteiger partial charge in [0, 0.05) is 68.2 Å². The van der Waals surface area contributed by atoms with Crippen molar-refractivity contribution < 1.29 is 52.8 Å². The van der Waals surface area contributed by atoms with Crippen LogP contribution in [0.3, 0.4) is 0 Å². The zero-order chi connectivity index (χ0) is 83.2. The molecule has 6 aliphatic rings. The predicted molar refractivity (Wildman–Crippen MR) is 470 cm³/mol. The molecule has 0 heterocycles. The van der Waals surface area contributed by atoms with E-state index in [1.54, 1.807) is 46.9 Å². The second-order valence-electron chi connectivity index (χ2n) is 36.7. The lowest BCUT2D eigenvalue weighted by Gasteiger charge is -2.38. The normalized spacial score (nSPS) is 22.2. The third-order valence-corrected chi connectivity index (χ3v) is 22.3. The fourth-order valence-electron chi connectivity index (χ4n) is 15.8. The summed E-state index contributed by atoms with van der Waals surface area (Å²) in [5.74, 6) is 1.45. The molecule has 0 aromatic heterocycles. The van der Waals surface area contributed by atoms with Crippen LogP contribution < -0.4 is 16.4 Å². The van der Waals surface area contributed by atoms with Crippen LogP contribution in [0.5, 0.6) is 0 Å². The third kappa shape index (κ3) is 31.6. The number of Topliss-reactive ketones (excluding diaryl/α,β-unsaturated/α-hetero) is 1. The number of carbonyl (C=O) groups is 6. The molecule has 17 heteroatoms. The van der Waals surface area contributed by atoms with Crippen LogP contribution >= 0.6 is 12.4 Å². The van der Waals surface area contributed by atoms with Gasteiger partial charge in [0.25, 0.3) is 0 Å². The number of carbonyl (C=O) groups excluding carboxylic acids is 5. The quantitative estimate of drug-likeness (QED) is 0.0328. The molecule has 6 saturated carbocycles. The molecule has 6 fully saturated rings. The molecule has 6 aromatic carbocycles. The molecule has 0 spiro atoms. The Bertz CT molecular complexity index is 4190. The number of aromatic carboxylic acids is 1. The number of ether oxygens (including phenoxy) is 4. The SMILES string of the molecule is C/C(=C\c1ccccc1)[C@@H]1C[C@H]1N.CC(C)(C)OC(=O)c1ccc(CN(C(=O)OC(C)(C)C)C2CCC(=O)CC2)cc1.CC/C(=C\c1ccccc1)[C@@H]1C[C@H]1NC1CCC(CCc2ccc(C(=O)O)cc2)CC1.CC/C(=C\c1ccccc1)[C@@H]1C[C@H]1NC1CCC(N(Cc2ccc(C(=O)OC(C)(C)C)cc2)C(=O)OC(C)(C)C)CC1.Cl. The molecule has 6 aliphatic carbocycles. The molecular weight excluding hydrogens is 1470 g/mol. The number of benzene rings is 6. The van der Waals surface area contributed by atoms with Crippen molar-refractivity contribution >= 4 is 66.5 Å². The molecule has 0 bridgehead atoms. The highest BCUT2D eigenvalue weighted by atomic mass is 35.5. The first-order chi connectivity index (χ1) is 54.5. The highest BCUT2D eigenvalue weighted by Crippen LogP contribution is 2.43. The summed E-state index contributed by atoms with van der Waals surface area (Å²) in [6.07, 6.45) is 25.9.